The molecule has 0 saturated heterocycles. The van der Waals surface area contributed by atoms with Crippen LogP contribution in [0.1, 0.15) is 24.5 Å². The molecule has 0 aliphatic heterocycles. The fraction of sp³-hybridized carbons (Fsp3) is 0.250. The molecule has 1 aromatic carbocycles. The van der Waals surface area contributed by atoms with Crippen LogP contribution in [0.25, 0.3) is 11.1 Å². The zero-order valence-corrected chi connectivity index (χ0v) is 10.2. The number of hydrogen-bond acceptors (Lipinski definition) is 1. The third kappa shape index (κ3) is 3.43. The van der Waals surface area contributed by atoms with Gasteiger partial charge in [-0.25, -0.2) is 0 Å². The van der Waals surface area contributed by atoms with Crippen LogP contribution in [0.15, 0.2) is 48.5 Å². The lowest BCUT2D eigenvalue weighted by molar-refractivity contribution is 0.282. The number of rotatable bonds is 3. The van der Waals surface area contributed by atoms with Gasteiger partial charge in [-0.1, -0.05) is 55.8 Å². The molecule has 0 spiro atoms. The smallest absolute Gasteiger partial charge is 0.0681 e. The second kappa shape index (κ2) is 5.65. The van der Waals surface area contributed by atoms with E-state index in [0.717, 1.165) is 12.0 Å². The molecule has 1 nitrogen and oxygen atoms in total. The van der Waals surface area contributed by atoms with Crippen molar-refractivity contribution in [2.75, 3.05) is 0 Å². The van der Waals surface area contributed by atoms with Gasteiger partial charge in [0.2, 0.25) is 0 Å². The Balaban J connectivity index is 0.000000148. The lowest BCUT2D eigenvalue weighted by Crippen LogP contribution is -1.85. The van der Waals surface area contributed by atoms with Crippen molar-refractivity contribution < 1.29 is 5.11 Å². The van der Waals surface area contributed by atoms with Crippen LogP contribution in [-0.4, -0.2) is 5.11 Å². The number of benzene rings is 2. The van der Waals surface area contributed by atoms with Crippen LogP contribution in [0.5, 0.6) is 0 Å². The Bertz CT molecular complexity index is 454. The van der Waals surface area contributed by atoms with Gasteiger partial charge >= 0.3 is 0 Å². The monoisotopic (exact) mass is 226 g/mol. The minimum absolute atomic E-state index is 0.145. The summed E-state index contributed by atoms with van der Waals surface area (Å²) in [7, 11) is 0. The van der Waals surface area contributed by atoms with Gasteiger partial charge in [0.25, 0.3) is 0 Å². The zero-order valence-electron chi connectivity index (χ0n) is 10.2. The average Bonchev–Trinajstić information content (AvgIpc) is 2.98. The molecule has 3 rings (SSSR count). The standard InChI is InChI=1S/C10H14O.C6H4/c1-2-3-9-4-6-10(8-11)7-5-9;1-2-5-4-6(5)3-1/h4-7,11H,2-3,8H2,1H3;1-4H. The third-order valence-corrected chi connectivity index (χ3v) is 2.86. The van der Waals surface area contributed by atoms with Gasteiger partial charge in [0.05, 0.1) is 6.61 Å². The molecular weight excluding hydrogens is 208 g/mol. The summed E-state index contributed by atoms with van der Waals surface area (Å²) in [6.07, 6.45) is 2.31. The van der Waals surface area contributed by atoms with Crippen LogP contribution in [0.2, 0.25) is 0 Å². The molecule has 1 N–H and O–H groups in total. The molecule has 2 aliphatic rings. The van der Waals surface area contributed by atoms with Crippen molar-refractivity contribution in [1.29, 1.82) is 0 Å². The van der Waals surface area contributed by atoms with E-state index >= 15 is 0 Å². The van der Waals surface area contributed by atoms with E-state index < -0.39 is 0 Å². The summed E-state index contributed by atoms with van der Waals surface area (Å²) in [5.41, 5.74) is 5.19. The second-order valence-electron chi connectivity index (χ2n) is 4.31. The molecule has 17 heavy (non-hydrogen) atoms. The zero-order chi connectivity index (χ0) is 12.1. The van der Waals surface area contributed by atoms with E-state index in [-0.39, 0.29) is 6.61 Å². The Morgan fingerprint density at radius 2 is 1.47 bits per heavy atom. The molecular formula is C16H18O. The van der Waals surface area contributed by atoms with Crippen molar-refractivity contribution in [2.45, 2.75) is 26.4 Å². The molecule has 0 atom stereocenters. The predicted octanol–water partition coefficient (Wildman–Crippen LogP) is 3.80. The van der Waals surface area contributed by atoms with Gasteiger partial charge in [-0.05, 0) is 34.7 Å². The van der Waals surface area contributed by atoms with Crippen LogP contribution in [-0.2, 0) is 13.0 Å². The second-order valence-corrected chi connectivity index (χ2v) is 4.31. The van der Waals surface area contributed by atoms with E-state index in [1.807, 2.05) is 12.1 Å². The number of hydrogen-bond donors (Lipinski definition) is 1. The minimum atomic E-state index is 0.145. The molecule has 0 amide bonds. The number of aliphatic hydroxyl groups is 1. The quantitative estimate of drug-likeness (QED) is 0.720. The Labute approximate surface area is 103 Å². The summed E-state index contributed by atoms with van der Waals surface area (Å²) >= 11 is 0. The highest BCUT2D eigenvalue weighted by atomic mass is 16.3. The fourth-order valence-corrected chi connectivity index (χ4v) is 1.78. The van der Waals surface area contributed by atoms with Crippen molar-refractivity contribution in [3.63, 3.8) is 0 Å². The van der Waals surface area contributed by atoms with Gasteiger partial charge in [0, 0.05) is 0 Å². The Morgan fingerprint density at radius 3 is 1.82 bits per heavy atom. The maximum atomic E-state index is 8.76. The maximum absolute atomic E-state index is 8.76. The molecule has 0 radical (unpaired) electrons. The molecule has 88 valence electrons. The van der Waals surface area contributed by atoms with Crippen LogP contribution in [0.3, 0.4) is 0 Å². The van der Waals surface area contributed by atoms with Gasteiger partial charge in [0.1, 0.15) is 0 Å². The Hall–Kier alpha value is -1.60. The fourth-order valence-electron chi connectivity index (χ4n) is 1.78. The molecule has 1 heteroatoms. The average molecular weight is 226 g/mol. The molecule has 0 heterocycles. The summed E-state index contributed by atoms with van der Waals surface area (Å²) in [6.45, 7) is 2.31. The van der Waals surface area contributed by atoms with E-state index in [1.54, 1.807) is 0 Å². The summed E-state index contributed by atoms with van der Waals surface area (Å²) in [5, 5.41) is 8.76. The third-order valence-electron chi connectivity index (χ3n) is 2.86. The van der Waals surface area contributed by atoms with Gasteiger partial charge in [-0.15, -0.1) is 0 Å². The lowest BCUT2D eigenvalue weighted by Gasteiger charge is -1.99. The Kier molecular flexibility index (Phi) is 3.94. The highest BCUT2D eigenvalue weighted by Gasteiger charge is 2.06. The number of aliphatic hydroxyl groups excluding tert-OH is 1. The van der Waals surface area contributed by atoms with Crippen LogP contribution in [0.4, 0.5) is 0 Å². The largest absolute Gasteiger partial charge is 0.392 e. The van der Waals surface area contributed by atoms with Crippen molar-refractivity contribution >= 4 is 0 Å². The molecule has 0 bridgehead atoms. The maximum Gasteiger partial charge on any atom is 0.0681 e. The molecule has 1 aromatic rings. The molecule has 0 aromatic heterocycles. The summed E-state index contributed by atoms with van der Waals surface area (Å²) in [6, 6.07) is 16.6. The van der Waals surface area contributed by atoms with Gasteiger partial charge in [-0.3, -0.25) is 0 Å². The van der Waals surface area contributed by atoms with Crippen LogP contribution < -0.4 is 0 Å². The SMILES string of the molecule is CCCc1ccc(CO)cc1.c1cc2cc-2c1. The van der Waals surface area contributed by atoms with E-state index in [0.29, 0.717) is 0 Å². The topological polar surface area (TPSA) is 20.2 Å². The van der Waals surface area contributed by atoms with E-state index in [9.17, 15) is 0 Å². The van der Waals surface area contributed by atoms with Crippen molar-refractivity contribution in [3.8, 4) is 11.1 Å². The molecule has 0 saturated carbocycles. The molecule has 0 fully saturated rings. The van der Waals surface area contributed by atoms with Crippen LogP contribution in [0, 0.1) is 0 Å². The number of fused-ring (bicyclic) bond motifs is 1. The van der Waals surface area contributed by atoms with E-state index in [4.69, 9.17) is 5.11 Å². The molecule has 2 aliphatic carbocycles. The predicted molar refractivity (Wildman–Crippen MR) is 71.8 cm³/mol. The van der Waals surface area contributed by atoms with Gasteiger partial charge in [0.15, 0.2) is 0 Å². The highest BCUT2D eigenvalue weighted by molar-refractivity contribution is 5.80. The Morgan fingerprint density at radius 1 is 0.882 bits per heavy atom. The first-order valence-electron chi connectivity index (χ1n) is 6.12. The minimum Gasteiger partial charge on any atom is -0.392 e. The lowest BCUT2D eigenvalue weighted by atomic mass is 10.1. The summed E-state index contributed by atoms with van der Waals surface area (Å²) in [4.78, 5) is 0. The van der Waals surface area contributed by atoms with E-state index in [2.05, 4.69) is 43.3 Å². The van der Waals surface area contributed by atoms with Crippen molar-refractivity contribution in [1.82, 2.24) is 0 Å². The van der Waals surface area contributed by atoms with Crippen molar-refractivity contribution in [2.24, 2.45) is 0 Å². The normalized spacial score (nSPS) is 10.5. The first kappa shape index (κ1) is 11.9. The van der Waals surface area contributed by atoms with Gasteiger partial charge < -0.3 is 5.11 Å². The van der Waals surface area contributed by atoms with E-state index in [1.165, 1.54) is 23.1 Å². The van der Waals surface area contributed by atoms with Gasteiger partial charge in [-0.2, -0.15) is 0 Å². The van der Waals surface area contributed by atoms with Crippen LogP contribution >= 0.6 is 0 Å². The van der Waals surface area contributed by atoms with Crippen molar-refractivity contribution in [3.05, 3.63) is 59.7 Å². The molecule has 0 unspecified atom stereocenters. The first-order valence-corrected chi connectivity index (χ1v) is 6.12. The number of aryl methyl sites for hydroxylation is 1. The highest BCUT2D eigenvalue weighted by Crippen LogP contribution is 2.32. The summed E-state index contributed by atoms with van der Waals surface area (Å²) < 4.78 is 0. The first-order chi connectivity index (χ1) is 8.33. The summed E-state index contributed by atoms with van der Waals surface area (Å²) in [5.74, 6) is 0.